The molecule has 10 nitrogen and oxygen atoms in total. The summed E-state index contributed by atoms with van der Waals surface area (Å²) in [4.78, 5) is 12.9. The number of hydrogen-bond acceptors (Lipinski definition) is 9. The van der Waals surface area contributed by atoms with Crippen molar-refractivity contribution in [3.8, 4) is 0 Å². The quantitative estimate of drug-likeness (QED) is 0.0418. The molecule has 0 radical (unpaired) electrons. The van der Waals surface area contributed by atoms with Crippen LogP contribution in [0.25, 0.3) is 0 Å². The van der Waals surface area contributed by atoms with Crippen molar-refractivity contribution in [2.75, 3.05) is 13.2 Å². The van der Waals surface area contributed by atoms with Gasteiger partial charge in [-0.2, -0.15) is 0 Å². The molecule has 8 unspecified atom stereocenters. The van der Waals surface area contributed by atoms with Gasteiger partial charge >= 0.3 is 0 Å². The maximum atomic E-state index is 12.9. The Morgan fingerprint density at radius 1 is 0.708 bits per heavy atom. The topological polar surface area (TPSA) is 169 Å². The molecular weight excluding hydrogens is 614 g/mol. The first kappa shape index (κ1) is 44.4. The van der Waals surface area contributed by atoms with Crippen molar-refractivity contribution in [2.45, 2.75) is 185 Å². The zero-order valence-electron chi connectivity index (χ0n) is 29.8. The Morgan fingerprint density at radius 3 is 1.81 bits per heavy atom. The van der Waals surface area contributed by atoms with E-state index in [1.807, 2.05) is 6.08 Å². The van der Waals surface area contributed by atoms with E-state index in [4.69, 9.17) is 9.47 Å². The standard InChI is InChI=1S/C38H69NO9/c1-3-5-7-9-11-13-15-16-17-19-20-22-24-26-31(41)30(29-47-38-36(45)35(44)34(43)33(28-40)48-38)39-37(46)32(42)27-25-23-21-18-14-12-10-8-6-4-2/h11,13,17,19,24,26,30-36,38,40-45H,3-10,12,14-16,18,20-23,25,27-29H2,1-2H3,(H,39,46)/b13-11+,19-17+,26-24+. The third kappa shape index (κ3) is 20.1. The smallest absolute Gasteiger partial charge is 0.249 e. The van der Waals surface area contributed by atoms with Gasteiger partial charge in [0.15, 0.2) is 6.29 Å². The normalized spacial score (nSPS) is 23.7. The first-order valence-electron chi connectivity index (χ1n) is 18.8. The second-order valence-electron chi connectivity index (χ2n) is 13.1. The summed E-state index contributed by atoms with van der Waals surface area (Å²) < 4.78 is 11.0. The lowest BCUT2D eigenvalue weighted by atomic mass is 9.99. The van der Waals surface area contributed by atoms with E-state index in [0.29, 0.717) is 19.3 Å². The lowest BCUT2D eigenvalue weighted by molar-refractivity contribution is -0.302. The van der Waals surface area contributed by atoms with E-state index >= 15 is 0 Å². The van der Waals surface area contributed by atoms with Gasteiger partial charge in [0.05, 0.1) is 25.4 Å². The van der Waals surface area contributed by atoms with Crippen molar-refractivity contribution in [2.24, 2.45) is 0 Å². The average molecular weight is 684 g/mol. The Hall–Kier alpha value is -1.63. The molecule has 1 heterocycles. The highest BCUT2D eigenvalue weighted by atomic mass is 16.7. The zero-order valence-corrected chi connectivity index (χ0v) is 29.8. The molecule has 48 heavy (non-hydrogen) atoms. The predicted molar refractivity (Wildman–Crippen MR) is 190 cm³/mol. The Bertz CT molecular complexity index is 865. The summed E-state index contributed by atoms with van der Waals surface area (Å²) in [6.07, 6.45) is 22.4. The van der Waals surface area contributed by atoms with Crippen LogP contribution in [0.1, 0.15) is 136 Å². The van der Waals surface area contributed by atoms with Crippen LogP contribution < -0.4 is 5.32 Å². The highest BCUT2D eigenvalue weighted by molar-refractivity contribution is 5.80. The number of aliphatic hydroxyl groups excluding tert-OH is 6. The molecule has 1 rings (SSSR count). The molecule has 1 fully saturated rings. The molecule has 1 saturated heterocycles. The molecule has 0 spiro atoms. The predicted octanol–water partition coefficient (Wildman–Crippen LogP) is 5.13. The Kier molecular flexibility index (Phi) is 26.9. The number of unbranched alkanes of at least 4 members (excludes halogenated alkanes) is 14. The second-order valence-corrected chi connectivity index (χ2v) is 13.1. The van der Waals surface area contributed by atoms with Crippen molar-refractivity contribution >= 4 is 5.91 Å². The van der Waals surface area contributed by atoms with Crippen molar-refractivity contribution in [3.63, 3.8) is 0 Å². The van der Waals surface area contributed by atoms with Gasteiger partial charge in [0.25, 0.3) is 0 Å². The molecule has 280 valence electrons. The lowest BCUT2D eigenvalue weighted by Gasteiger charge is -2.40. The third-order valence-electron chi connectivity index (χ3n) is 8.80. The second kappa shape index (κ2) is 29.1. The maximum Gasteiger partial charge on any atom is 0.249 e. The fraction of sp³-hybridized carbons (Fsp3) is 0.816. The zero-order chi connectivity index (χ0) is 35.4. The largest absolute Gasteiger partial charge is 0.394 e. The van der Waals surface area contributed by atoms with Gasteiger partial charge in [-0.15, -0.1) is 0 Å². The molecule has 10 heteroatoms. The van der Waals surface area contributed by atoms with E-state index in [2.05, 4.69) is 43.5 Å². The molecule has 1 aliphatic heterocycles. The number of rotatable bonds is 29. The van der Waals surface area contributed by atoms with Crippen molar-refractivity contribution in [1.82, 2.24) is 5.32 Å². The first-order chi connectivity index (χ1) is 23.3. The Morgan fingerprint density at radius 2 is 1.23 bits per heavy atom. The summed E-state index contributed by atoms with van der Waals surface area (Å²) in [6, 6.07) is -0.997. The number of hydrogen-bond donors (Lipinski definition) is 7. The lowest BCUT2D eigenvalue weighted by Crippen LogP contribution is -2.60. The monoisotopic (exact) mass is 683 g/mol. The molecular formula is C38H69NO9. The van der Waals surface area contributed by atoms with E-state index in [1.54, 1.807) is 6.08 Å². The van der Waals surface area contributed by atoms with Crippen LogP contribution in [0.4, 0.5) is 0 Å². The molecule has 1 aliphatic rings. The van der Waals surface area contributed by atoms with Crippen molar-refractivity contribution in [3.05, 3.63) is 36.5 Å². The minimum Gasteiger partial charge on any atom is -0.394 e. The number of amides is 1. The molecule has 0 aliphatic carbocycles. The van der Waals surface area contributed by atoms with E-state index in [1.165, 1.54) is 57.8 Å². The van der Waals surface area contributed by atoms with Crippen LogP contribution in [0.2, 0.25) is 0 Å². The van der Waals surface area contributed by atoms with E-state index in [-0.39, 0.29) is 6.61 Å². The van der Waals surface area contributed by atoms with Gasteiger partial charge in [-0.3, -0.25) is 4.79 Å². The number of carbonyl (C=O) groups excluding carboxylic acids is 1. The number of nitrogens with one attached hydrogen (secondary N) is 1. The number of allylic oxidation sites excluding steroid dienone is 5. The van der Waals surface area contributed by atoms with E-state index in [0.717, 1.165) is 44.9 Å². The Labute approximate surface area is 290 Å². The van der Waals surface area contributed by atoms with Crippen LogP contribution in [-0.2, 0) is 14.3 Å². The fourth-order valence-electron chi connectivity index (χ4n) is 5.60. The molecule has 8 atom stereocenters. The van der Waals surface area contributed by atoms with Crippen LogP contribution >= 0.6 is 0 Å². The maximum absolute atomic E-state index is 12.9. The SMILES string of the molecule is CCCCC/C=C/CC/C=C/CC/C=C/C(O)C(COC1OC(CO)C(O)C(O)C1O)NC(=O)C(O)CCCCCCCCCCCC. The van der Waals surface area contributed by atoms with Crippen LogP contribution in [0, 0.1) is 0 Å². The van der Waals surface area contributed by atoms with Crippen molar-refractivity contribution < 1.29 is 44.9 Å². The summed E-state index contributed by atoms with van der Waals surface area (Å²) in [5.74, 6) is -0.636. The minimum absolute atomic E-state index is 0.301. The molecule has 0 aromatic heterocycles. The number of carbonyl (C=O) groups is 1. The van der Waals surface area contributed by atoms with Gasteiger partial charge in [0.2, 0.25) is 5.91 Å². The number of ether oxygens (including phenoxy) is 2. The Balaban J connectivity index is 2.60. The molecule has 0 saturated carbocycles. The van der Waals surface area contributed by atoms with E-state index in [9.17, 15) is 35.4 Å². The molecule has 0 bridgehead atoms. The molecule has 1 amide bonds. The highest BCUT2D eigenvalue weighted by Gasteiger charge is 2.44. The number of aliphatic hydroxyl groups is 6. The van der Waals surface area contributed by atoms with Gasteiger partial charge in [-0.25, -0.2) is 0 Å². The summed E-state index contributed by atoms with van der Waals surface area (Å²) in [5, 5.41) is 64.1. The van der Waals surface area contributed by atoms with Gasteiger partial charge in [-0.1, -0.05) is 127 Å². The minimum atomic E-state index is -1.61. The van der Waals surface area contributed by atoms with Crippen LogP contribution in [-0.4, -0.2) is 98.7 Å². The summed E-state index contributed by atoms with van der Waals surface area (Å²) >= 11 is 0. The van der Waals surface area contributed by atoms with Gasteiger partial charge in [0, 0.05) is 0 Å². The van der Waals surface area contributed by atoms with Gasteiger partial charge in [-0.05, 0) is 44.9 Å². The molecule has 0 aromatic carbocycles. The van der Waals surface area contributed by atoms with Gasteiger partial charge in [0.1, 0.15) is 30.5 Å². The first-order valence-corrected chi connectivity index (χ1v) is 18.8. The third-order valence-corrected chi connectivity index (χ3v) is 8.80. The van der Waals surface area contributed by atoms with Crippen LogP contribution in [0.15, 0.2) is 36.5 Å². The average Bonchev–Trinajstić information content (AvgIpc) is 3.08. The van der Waals surface area contributed by atoms with Crippen molar-refractivity contribution in [1.29, 1.82) is 0 Å². The highest BCUT2D eigenvalue weighted by Crippen LogP contribution is 2.22. The summed E-state index contributed by atoms with van der Waals surface area (Å²) in [5.41, 5.74) is 0. The van der Waals surface area contributed by atoms with E-state index < -0.39 is 61.5 Å². The van der Waals surface area contributed by atoms with Crippen LogP contribution in [0.5, 0.6) is 0 Å². The van der Waals surface area contributed by atoms with Crippen LogP contribution in [0.3, 0.4) is 0 Å². The van der Waals surface area contributed by atoms with Gasteiger partial charge < -0.3 is 45.4 Å². The fourth-order valence-corrected chi connectivity index (χ4v) is 5.60. The summed E-state index contributed by atoms with van der Waals surface area (Å²) in [7, 11) is 0. The summed E-state index contributed by atoms with van der Waals surface area (Å²) in [6.45, 7) is 3.49. The molecule has 7 N–H and O–H groups in total. The molecule has 0 aromatic rings.